The van der Waals surface area contributed by atoms with Gasteiger partial charge >= 0.3 is 0 Å². The summed E-state index contributed by atoms with van der Waals surface area (Å²) in [7, 11) is -3.84. The van der Waals surface area contributed by atoms with Gasteiger partial charge in [-0.3, -0.25) is 4.79 Å². The van der Waals surface area contributed by atoms with E-state index in [9.17, 15) is 18.5 Å². The summed E-state index contributed by atoms with van der Waals surface area (Å²) in [6.07, 6.45) is 1.45. The number of fused-ring (bicyclic) bond motifs is 1. The number of hydrogen-bond acceptors (Lipinski definition) is 5. The Morgan fingerprint density at radius 1 is 0.943 bits per heavy atom. The minimum Gasteiger partial charge on any atom is -0.488 e. The molecular weight excluding hydrogens is 462 g/mol. The van der Waals surface area contributed by atoms with Crippen molar-refractivity contribution in [3.8, 4) is 11.8 Å². The lowest BCUT2D eigenvalue weighted by atomic mass is 10.1. The lowest BCUT2D eigenvalue weighted by Crippen LogP contribution is -2.14. The standard InChI is InChI=1S/C27H21N3O4S/c28-17-22(27(31)30-23-12-14-24(15-13-23)35(29,32)33)16-20-7-2-4-11-26(20)34-18-21-9-5-8-19-6-1-3-10-25(19)21/h1-16H,18H2,(H,30,31)(H2,29,32,33). The maximum absolute atomic E-state index is 12.7. The number of ether oxygens (including phenoxy) is 1. The van der Waals surface area contributed by atoms with Crippen LogP contribution in [0.2, 0.25) is 0 Å². The Labute approximate surface area is 203 Å². The van der Waals surface area contributed by atoms with Crippen molar-refractivity contribution < 1.29 is 17.9 Å². The van der Waals surface area contributed by atoms with E-state index in [0.717, 1.165) is 16.3 Å². The number of nitriles is 1. The second kappa shape index (κ2) is 10.2. The van der Waals surface area contributed by atoms with Crippen LogP contribution in [0.15, 0.2) is 101 Å². The molecule has 35 heavy (non-hydrogen) atoms. The monoisotopic (exact) mass is 483 g/mol. The third-order valence-corrected chi connectivity index (χ3v) is 6.22. The second-order valence-corrected chi connectivity index (χ2v) is 9.22. The highest BCUT2D eigenvalue weighted by molar-refractivity contribution is 7.89. The number of sulfonamides is 1. The van der Waals surface area contributed by atoms with Crippen molar-refractivity contribution in [2.45, 2.75) is 11.5 Å². The summed E-state index contributed by atoms with van der Waals surface area (Å²) in [5.41, 5.74) is 1.78. The summed E-state index contributed by atoms with van der Waals surface area (Å²) < 4.78 is 28.8. The molecule has 1 amide bonds. The molecule has 0 unspecified atom stereocenters. The average Bonchev–Trinajstić information content (AvgIpc) is 2.86. The molecule has 0 aromatic heterocycles. The van der Waals surface area contributed by atoms with E-state index in [2.05, 4.69) is 5.32 Å². The number of hydrogen-bond donors (Lipinski definition) is 2. The molecule has 0 aliphatic rings. The normalized spacial score (nSPS) is 11.6. The number of primary sulfonamides is 1. The smallest absolute Gasteiger partial charge is 0.266 e. The van der Waals surface area contributed by atoms with Gasteiger partial charge in [0, 0.05) is 11.3 Å². The Hall–Kier alpha value is -4.45. The van der Waals surface area contributed by atoms with Crippen LogP contribution in [0, 0.1) is 11.3 Å². The fourth-order valence-electron chi connectivity index (χ4n) is 3.54. The molecule has 174 valence electrons. The van der Waals surface area contributed by atoms with Crippen LogP contribution in [0.25, 0.3) is 16.8 Å². The molecule has 4 aromatic rings. The third kappa shape index (κ3) is 5.73. The van der Waals surface area contributed by atoms with Crippen LogP contribution in [0.5, 0.6) is 5.75 Å². The molecule has 3 N–H and O–H groups in total. The SMILES string of the molecule is N#CC(=Cc1ccccc1OCc1cccc2ccccc12)C(=O)Nc1ccc(S(N)(=O)=O)cc1. The van der Waals surface area contributed by atoms with Gasteiger partial charge in [-0.1, -0.05) is 60.7 Å². The molecule has 0 saturated heterocycles. The number of rotatable bonds is 7. The maximum atomic E-state index is 12.7. The number of amides is 1. The van der Waals surface area contributed by atoms with Gasteiger partial charge in [0.15, 0.2) is 0 Å². The van der Waals surface area contributed by atoms with Crippen molar-refractivity contribution in [2.75, 3.05) is 5.32 Å². The van der Waals surface area contributed by atoms with E-state index in [1.807, 2.05) is 54.6 Å². The zero-order chi connectivity index (χ0) is 24.8. The Morgan fingerprint density at radius 3 is 2.37 bits per heavy atom. The van der Waals surface area contributed by atoms with E-state index in [1.54, 1.807) is 18.2 Å². The van der Waals surface area contributed by atoms with Crippen molar-refractivity contribution in [3.05, 3.63) is 108 Å². The predicted molar refractivity (Wildman–Crippen MR) is 135 cm³/mol. The van der Waals surface area contributed by atoms with E-state index in [1.165, 1.54) is 30.3 Å². The van der Waals surface area contributed by atoms with Gasteiger partial charge in [0.05, 0.1) is 4.90 Å². The summed E-state index contributed by atoms with van der Waals surface area (Å²) in [6.45, 7) is 0.316. The molecule has 0 saturated carbocycles. The number of nitrogens with two attached hydrogens (primary N) is 1. The van der Waals surface area contributed by atoms with Crippen molar-refractivity contribution in [2.24, 2.45) is 5.14 Å². The molecule has 0 spiro atoms. The molecule has 4 rings (SSSR count). The fraction of sp³-hybridized carbons (Fsp3) is 0.0370. The van der Waals surface area contributed by atoms with Crippen LogP contribution >= 0.6 is 0 Å². The Balaban J connectivity index is 1.53. The summed E-state index contributed by atoms with van der Waals surface area (Å²) in [6, 6.07) is 28.4. The molecule has 0 aliphatic heterocycles. The van der Waals surface area contributed by atoms with Gasteiger partial charge in [-0.15, -0.1) is 0 Å². The lowest BCUT2D eigenvalue weighted by molar-refractivity contribution is -0.112. The highest BCUT2D eigenvalue weighted by atomic mass is 32.2. The summed E-state index contributed by atoms with van der Waals surface area (Å²) in [5.74, 6) is -0.113. The lowest BCUT2D eigenvalue weighted by Gasteiger charge is -2.12. The number of benzene rings is 4. The molecule has 4 aromatic carbocycles. The Bertz CT molecular complexity index is 1570. The predicted octanol–water partition coefficient (Wildman–Crippen LogP) is 4.61. The first kappa shape index (κ1) is 23.7. The van der Waals surface area contributed by atoms with Crippen LogP contribution < -0.4 is 15.2 Å². The molecular formula is C27H21N3O4S. The second-order valence-electron chi connectivity index (χ2n) is 7.66. The van der Waals surface area contributed by atoms with Gasteiger partial charge < -0.3 is 10.1 Å². The van der Waals surface area contributed by atoms with E-state index in [0.29, 0.717) is 23.6 Å². The average molecular weight is 484 g/mol. The molecule has 0 heterocycles. The number of para-hydroxylation sites is 1. The first-order chi connectivity index (χ1) is 16.8. The van der Waals surface area contributed by atoms with Crippen LogP contribution in [0.4, 0.5) is 5.69 Å². The van der Waals surface area contributed by atoms with Crippen LogP contribution in [-0.4, -0.2) is 14.3 Å². The number of carbonyl (C=O) groups excluding carboxylic acids is 1. The van der Waals surface area contributed by atoms with Crippen molar-refractivity contribution >= 4 is 38.5 Å². The maximum Gasteiger partial charge on any atom is 0.266 e. The molecule has 7 nitrogen and oxygen atoms in total. The number of anilines is 1. The van der Waals surface area contributed by atoms with Crippen LogP contribution in [0.3, 0.4) is 0 Å². The minimum atomic E-state index is -3.84. The Morgan fingerprint density at radius 2 is 1.63 bits per heavy atom. The van der Waals surface area contributed by atoms with Crippen LogP contribution in [0.1, 0.15) is 11.1 Å². The zero-order valence-electron chi connectivity index (χ0n) is 18.5. The fourth-order valence-corrected chi connectivity index (χ4v) is 4.05. The largest absolute Gasteiger partial charge is 0.488 e. The van der Waals surface area contributed by atoms with Gasteiger partial charge in [0.1, 0.15) is 24.0 Å². The van der Waals surface area contributed by atoms with Gasteiger partial charge in [-0.2, -0.15) is 5.26 Å². The Kier molecular flexibility index (Phi) is 6.92. The number of carbonyl (C=O) groups is 1. The van der Waals surface area contributed by atoms with Gasteiger partial charge in [-0.25, -0.2) is 13.6 Å². The van der Waals surface area contributed by atoms with Crippen molar-refractivity contribution in [3.63, 3.8) is 0 Å². The summed E-state index contributed by atoms with van der Waals surface area (Å²) >= 11 is 0. The zero-order valence-corrected chi connectivity index (χ0v) is 19.3. The number of nitrogens with zero attached hydrogens (tertiary/aromatic N) is 1. The molecule has 0 aliphatic carbocycles. The first-order valence-corrected chi connectivity index (χ1v) is 12.1. The van der Waals surface area contributed by atoms with E-state index >= 15 is 0 Å². The van der Waals surface area contributed by atoms with Crippen LogP contribution in [-0.2, 0) is 21.4 Å². The van der Waals surface area contributed by atoms with E-state index in [-0.39, 0.29) is 10.5 Å². The van der Waals surface area contributed by atoms with Gasteiger partial charge in [0.25, 0.3) is 5.91 Å². The first-order valence-electron chi connectivity index (χ1n) is 10.6. The molecule has 0 bridgehead atoms. The molecule has 0 radical (unpaired) electrons. The summed E-state index contributed by atoms with van der Waals surface area (Å²) in [4.78, 5) is 12.6. The van der Waals surface area contributed by atoms with Gasteiger partial charge in [-0.05, 0) is 52.7 Å². The molecule has 8 heteroatoms. The molecule has 0 atom stereocenters. The highest BCUT2D eigenvalue weighted by Crippen LogP contribution is 2.25. The molecule has 0 fully saturated rings. The number of nitrogens with one attached hydrogen (secondary N) is 1. The van der Waals surface area contributed by atoms with Crippen molar-refractivity contribution in [1.82, 2.24) is 0 Å². The van der Waals surface area contributed by atoms with E-state index in [4.69, 9.17) is 9.88 Å². The minimum absolute atomic E-state index is 0.0798. The highest BCUT2D eigenvalue weighted by Gasteiger charge is 2.13. The summed E-state index contributed by atoms with van der Waals surface area (Å²) in [5, 5.41) is 19.5. The third-order valence-electron chi connectivity index (χ3n) is 5.29. The van der Waals surface area contributed by atoms with E-state index < -0.39 is 15.9 Å². The van der Waals surface area contributed by atoms with Crippen molar-refractivity contribution in [1.29, 1.82) is 5.26 Å². The topological polar surface area (TPSA) is 122 Å². The van der Waals surface area contributed by atoms with Gasteiger partial charge in [0.2, 0.25) is 10.0 Å². The quantitative estimate of drug-likeness (QED) is 0.294.